The van der Waals surface area contributed by atoms with Crippen LogP contribution in [0.25, 0.3) is 0 Å². The Bertz CT molecular complexity index is 496. The van der Waals surface area contributed by atoms with Gasteiger partial charge in [-0.15, -0.1) is 0 Å². The van der Waals surface area contributed by atoms with Gasteiger partial charge in [-0.1, -0.05) is 18.5 Å². The minimum Gasteiger partial charge on any atom is -0.396 e. The summed E-state index contributed by atoms with van der Waals surface area (Å²) in [5.74, 6) is -0.394. The van der Waals surface area contributed by atoms with Crippen LogP contribution in [0.2, 0.25) is 5.15 Å². The number of aliphatic hydroxyl groups excluding tert-OH is 1. The van der Waals surface area contributed by atoms with Gasteiger partial charge >= 0.3 is 0 Å². The summed E-state index contributed by atoms with van der Waals surface area (Å²) in [7, 11) is 0. The van der Waals surface area contributed by atoms with Crippen molar-refractivity contribution in [3.63, 3.8) is 0 Å². The Balaban J connectivity index is 2.63. The first kappa shape index (κ1) is 16.3. The maximum atomic E-state index is 11.9. The minimum atomic E-state index is -0.675. The quantitative estimate of drug-likeness (QED) is 0.345. The van der Waals surface area contributed by atoms with Crippen molar-refractivity contribution in [2.45, 2.75) is 19.8 Å². The maximum absolute atomic E-state index is 11.9. The minimum absolute atomic E-state index is 0.0228. The van der Waals surface area contributed by atoms with E-state index in [-0.39, 0.29) is 28.9 Å². The first-order chi connectivity index (χ1) is 9.45. The highest BCUT2D eigenvalue weighted by molar-refractivity contribution is 6.29. The lowest BCUT2D eigenvalue weighted by molar-refractivity contribution is -0.385. The number of carbonyl (C=O) groups is 1. The Labute approximate surface area is 121 Å². The lowest BCUT2D eigenvalue weighted by Gasteiger charge is -2.08. The van der Waals surface area contributed by atoms with Crippen molar-refractivity contribution >= 4 is 23.2 Å². The van der Waals surface area contributed by atoms with Crippen LogP contribution in [0.3, 0.4) is 0 Å². The van der Waals surface area contributed by atoms with Gasteiger partial charge in [0.2, 0.25) is 0 Å². The zero-order valence-electron chi connectivity index (χ0n) is 11.0. The highest BCUT2D eigenvalue weighted by Crippen LogP contribution is 2.20. The van der Waals surface area contributed by atoms with E-state index in [0.717, 1.165) is 12.6 Å². The van der Waals surface area contributed by atoms with Gasteiger partial charge in [-0.2, -0.15) is 0 Å². The Kier molecular flexibility index (Phi) is 6.33. The van der Waals surface area contributed by atoms with Crippen molar-refractivity contribution in [3.05, 3.63) is 33.1 Å². The van der Waals surface area contributed by atoms with E-state index in [1.807, 2.05) is 6.92 Å². The van der Waals surface area contributed by atoms with Gasteiger partial charge in [0.15, 0.2) is 0 Å². The first-order valence-corrected chi connectivity index (χ1v) is 6.52. The summed E-state index contributed by atoms with van der Waals surface area (Å²) in [4.78, 5) is 25.6. The lowest BCUT2D eigenvalue weighted by atomic mass is 10.1. The topological polar surface area (TPSA) is 105 Å². The fraction of sp³-hybridized carbons (Fsp3) is 0.500. The normalized spacial score (nSPS) is 11.9. The summed E-state index contributed by atoms with van der Waals surface area (Å²) in [5, 5.41) is 22.3. The number of hydrogen-bond acceptors (Lipinski definition) is 5. The molecule has 0 saturated carbocycles. The lowest BCUT2D eigenvalue weighted by Crippen LogP contribution is -2.25. The van der Waals surface area contributed by atoms with Crippen LogP contribution in [0.1, 0.15) is 30.1 Å². The molecule has 0 radical (unpaired) electrons. The van der Waals surface area contributed by atoms with Crippen molar-refractivity contribution in [3.8, 4) is 0 Å². The zero-order valence-corrected chi connectivity index (χ0v) is 11.8. The third-order valence-electron chi connectivity index (χ3n) is 2.76. The predicted molar refractivity (Wildman–Crippen MR) is 73.7 cm³/mol. The largest absolute Gasteiger partial charge is 0.396 e. The van der Waals surface area contributed by atoms with E-state index in [1.165, 1.54) is 6.07 Å². The van der Waals surface area contributed by atoms with Crippen molar-refractivity contribution in [2.75, 3.05) is 13.2 Å². The molecule has 0 aliphatic rings. The second-order valence-electron chi connectivity index (χ2n) is 4.47. The summed E-state index contributed by atoms with van der Waals surface area (Å²) in [5.41, 5.74) is -0.485. The third-order valence-corrected chi connectivity index (χ3v) is 2.97. The van der Waals surface area contributed by atoms with Crippen LogP contribution in [0, 0.1) is 16.0 Å². The van der Waals surface area contributed by atoms with Gasteiger partial charge in [0.1, 0.15) is 16.9 Å². The Morgan fingerprint density at radius 3 is 2.95 bits per heavy atom. The summed E-state index contributed by atoms with van der Waals surface area (Å²) in [6.45, 7) is 2.37. The van der Waals surface area contributed by atoms with E-state index < -0.39 is 10.8 Å². The molecule has 0 fully saturated rings. The van der Waals surface area contributed by atoms with Crippen molar-refractivity contribution < 1.29 is 14.8 Å². The molecular weight excluding hydrogens is 286 g/mol. The van der Waals surface area contributed by atoms with Crippen molar-refractivity contribution in [2.24, 2.45) is 5.92 Å². The van der Waals surface area contributed by atoms with E-state index in [0.29, 0.717) is 13.0 Å². The highest BCUT2D eigenvalue weighted by atomic mass is 35.5. The second kappa shape index (κ2) is 7.76. The maximum Gasteiger partial charge on any atom is 0.300 e. The Morgan fingerprint density at radius 2 is 2.35 bits per heavy atom. The summed E-state index contributed by atoms with van der Waals surface area (Å²) in [6.07, 6.45) is 2.40. The highest BCUT2D eigenvalue weighted by Gasteiger charge is 2.21. The number of halogens is 1. The average Bonchev–Trinajstić information content (AvgIpc) is 2.42. The fourth-order valence-corrected chi connectivity index (χ4v) is 1.75. The number of pyridine rings is 1. The van der Waals surface area contributed by atoms with Gasteiger partial charge in [-0.25, -0.2) is 4.98 Å². The molecule has 1 unspecified atom stereocenters. The van der Waals surface area contributed by atoms with E-state index >= 15 is 0 Å². The molecule has 1 aromatic rings. The standard InChI is InChI=1S/C12H16ClN3O4/c1-8(7-17)3-2-4-14-12(18)9-5-11(13)15-6-10(9)16(19)20/h5-6,8,17H,2-4,7H2,1H3,(H,14,18). The number of nitro groups is 1. The molecule has 0 aliphatic carbocycles. The number of aliphatic hydroxyl groups is 1. The van der Waals surface area contributed by atoms with Gasteiger partial charge in [0.25, 0.3) is 11.6 Å². The molecule has 0 aromatic carbocycles. The van der Waals surface area contributed by atoms with Gasteiger partial charge in [0, 0.05) is 13.2 Å². The number of hydrogen-bond donors (Lipinski definition) is 2. The van der Waals surface area contributed by atoms with Crippen LogP contribution in [-0.2, 0) is 0 Å². The van der Waals surface area contributed by atoms with Crippen LogP contribution in [0.4, 0.5) is 5.69 Å². The van der Waals surface area contributed by atoms with Gasteiger partial charge in [0.05, 0.1) is 4.92 Å². The molecule has 0 saturated heterocycles. The number of aromatic nitrogens is 1. The average molecular weight is 302 g/mol. The molecule has 0 aliphatic heterocycles. The second-order valence-corrected chi connectivity index (χ2v) is 4.85. The van der Waals surface area contributed by atoms with Gasteiger partial charge in [-0.05, 0) is 24.8 Å². The fourth-order valence-electron chi connectivity index (χ4n) is 1.59. The molecule has 1 rings (SSSR count). The molecular formula is C12H16ClN3O4. The van der Waals surface area contributed by atoms with Crippen LogP contribution in [0.15, 0.2) is 12.3 Å². The van der Waals surface area contributed by atoms with Gasteiger partial charge in [-0.3, -0.25) is 14.9 Å². The van der Waals surface area contributed by atoms with E-state index in [9.17, 15) is 14.9 Å². The van der Waals surface area contributed by atoms with E-state index in [4.69, 9.17) is 16.7 Å². The number of carbonyl (C=O) groups excluding carboxylic acids is 1. The molecule has 8 heteroatoms. The summed E-state index contributed by atoms with van der Waals surface area (Å²) in [6, 6.07) is 1.17. The SMILES string of the molecule is CC(CO)CCCNC(=O)c1cc(Cl)ncc1[N+](=O)[O-]. The summed E-state index contributed by atoms with van der Waals surface area (Å²) >= 11 is 5.65. The predicted octanol–water partition coefficient (Wildman–Crippen LogP) is 1.78. The van der Waals surface area contributed by atoms with Gasteiger partial charge < -0.3 is 10.4 Å². The Morgan fingerprint density at radius 1 is 1.65 bits per heavy atom. The molecule has 110 valence electrons. The third kappa shape index (κ3) is 4.75. The molecule has 1 aromatic heterocycles. The molecule has 1 atom stereocenters. The molecule has 20 heavy (non-hydrogen) atoms. The van der Waals surface area contributed by atoms with Crippen LogP contribution in [-0.4, -0.2) is 34.1 Å². The smallest absolute Gasteiger partial charge is 0.300 e. The number of rotatable bonds is 7. The molecule has 1 heterocycles. The van der Waals surface area contributed by atoms with E-state index in [2.05, 4.69) is 10.3 Å². The van der Waals surface area contributed by atoms with E-state index in [1.54, 1.807) is 0 Å². The molecule has 0 bridgehead atoms. The molecule has 0 spiro atoms. The first-order valence-electron chi connectivity index (χ1n) is 6.14. The number of nitrogens with zero attached hydrogens (tertiary/aromatic N) is 2. The van der Waals surface area contributed by atoms with Crippen molar-refractivity contribution in [1.82, 2.24) is 10.3 Å². The van der Waals surface area contributed by atoms with Crippen LogP contribution in [0.5, 0.6) is 0 Å². The van der Waals surface area contributed by atoms with Crippen LogP contribution >= 0.6 is 11.6 Å². The monoisotopic (exact) mass is 301 g/mol. The number of amides is 1. The molecule has 1 amide bonds. The molecule has 7 nitrogen and oxygen atoms in total. The van der Waals surface area contributed by atoms with Crippen LogP contribution < -0.4 is 5.32 Å². The summed E-state index contributed by atoms with van der Waals surface area (Å²) < 4.78 is 0. The Hall–Kier alpha value is -1.73. The number of nitrogens with one attached hydrogen (secondary N) is 1. The molecule has 2 N–H and O–H groups in total. The van der Waals surface area contributed by atoms with Crippen molar-refractivity contribution in [1.29, 1.82) is 0 Å². The zero-order chi connectivity index (χ0) is 15.1.